The Hall–Kier alpha value is -2.75. The third-order valence-corrected chi connectivity index (χ3v) is 7.56. The van der Waals surface area contributed by atoms with Gasteiger partial charge in [0, 0.05) is 18.8 Å². The van der Waals surface area contributed by atoms with Crippen molar-refractivity contribution in [3.63, 3.8) is 0 Å². The van der Waals surface area contributed by atoms with Crippen LogP contribution in [-0.2, 0) is 37.1 Å². The van der Waals surface area contributed by atoms with Crippen LogP contribution in [0.2, 0.25) is 0 Å². The average Bonchev–Trinajstić information content (AvgIpc) is 2.82. The van der Waals surface area contributed by atoms with Crippen molar-refractivity contribution in [2.75, 3.05) is 25.0 Å². The number of esters is 1. The lowest BCUT2D eigenvalue weighted by molar-refractivity contribution is -0.119. The lowest BCUT2D eigenvalue weighted by atomic mass is 10.0. The maximum atomic E-state index is 13.0. The summed E-state index contributed by atoms with van der Waals surface area (Å²) in [6.07, 6.45) is 1.13. The number of morpholine rings is 1. The number of nitrogens with zero attached hydrogens (tertiary/aromatic N) is 1. The molecule has 3 rings (SSSR count). The van der Waals surface area contributed by atoms with Gasteiger partial charge in [0.2, 0.25) is 10.0 Å². The normalized spacial score (nSPS) is 18.9. The van der Waals surface area contributed by atoms with E-state index in [-0.39, 0.29) is 35.8 Å². The van der Waals surface area contributed by atoms with Crippen LogP contribution in [0.25, 0.3) is 0 Å². The lowest BCUT2D eigenvalue weighted by Gasteiger charge is -2.34. The van der Waals surface area contributed by atoms with Crippen molar-refractivity contribution in [1.82, 2.24) is 4.31 Å². The van der Waals surface area contributed by atoms with Crippen molar-refractivity contribution in [3.05, 3.63) is 59.2 Å². The Kier molecular flexibility index (Phi) is 8.46. The van der Waals surface area contributed by atoms with E-state index >= 15 is 0 Å². The van der Waals surface area contributed by atoms with Gasteiger partial charge in [0.15, 0.2) is 6.61 Å². The molecule has 0 aliphatic carbocycles. The van der Waals surface area contributed by atoms with Gasteiger partial charge >= 0.3 is 5.97 Å². The molecule has 2 atom stereocenters. The summed E-state index contributed by atoms with van der Waals surface area (Å²) in [7, 11) is -3.71. The number of nitrogens with one attached hydrogen (secondary N) is 1. The van der Waals surface area contributed by atoms with Gasteiger partial charge in [-0.1, -0.05) is 32.0 Å². The molecule has 9 heteroatoms. The Bertz CT molecular complexity index is 1100. The molecule has 1 amide bonds. The zero-order valence-electron chi connectivity index (χ0n) is 20.0. The highest BCUT2D eigenvalue weighted by Gasteiger charge is 2.32. The first-order chi connectivity index (χ1) is 16.1. The molecule has 0 aromatic heterocycles. The molecule has 0 saturated carbocycles. The third-order valence-electron chi connectivity index (χ3n) is 5.71. The molecule has 0 radical (unpaired) electrons. The molecule has 184 valence electrons. The minimum Gasteiger partial charge on any atom is -0.452 e. The van der Waals surface area contributed by atoms with Crippen LogP contribution in [-0.4, -0.2) is 56.5 Å². The Morgan fingerprint density at radius 2 is 1.56 bits per heavy atom. The van der Waals surface area contributed by atoms with E-state index in [2.05, 4.69) is 5.32 Å². The maximum absolute atomic E-state index is 13.0. The minimum atomic E-state index is -3.71. The quantitative estimate of drug-likeness (QED) is 0.572. The molecule has 2 unspecified atom stereocenters. The van der Waals surface area contributed by atoms with Crippen molar-refractivity contribution in [2.24, 2.45) is 0 Å². The second-order valence-electron chi connectivity index (χ2n) is 8.39. The smallest absolute Gasteiger partial charge is 0.338 e. The predicted octanol–water partition coefficient (Wildman–Crippen LogP) is 3.40. The Morgan fingerprint density at radius 1 is 1.00 bits per heavy atom. The Labute approximate surface area is 201 Å². The van der Waals surface area contributed by atoms with Gasteiger partial charge in [-0.2, -0.15) is 4.31 Å². The van der Waals surface area contributed by atoms with Crippen LogP contribution in [0.15, 0.2) is 47.4 Å². The van der Waals surface area contributed by atoms with Crippen molar-refractivity contribution >= 4 is 27.6 Å². The zero-order chi connectivity index (χ0) is 24.9. The molecular weight excluding hydrogens is 456 g/mol. The topological polar surface area (TPSA) is 102 Å². The number of hydrogen-bond donors (Lipinski definition) is 1. The van der Waals surface area contributed by atoms with Crippen LogP contribution in [0, 0.1) is 0 Å². The van der Waals surface area contributed by atoms with Gasteiger partial charge in [0.25, 0.3) is 5.91 Å². The summed E-state index contributed by atoms with van der Waals surface area (Å²) in [6.45, 7) is 7.78. The van der Waals surface area contributed by atoms with Crippen molar-refractivity contribution in [3.8, 4) is 0 Å². The van der Waals surface area contributed by atoms with Gasteiger partial charge in [-0.05, 0) is 62.1 Å². The van der Waals surface area contributed by atoms with Gasteiger partial charge < -0.3 is 14.8 Å². The summed E-state index contributed by atoms with van der Waals surface area (Å²) in [6, 6.07) is 11.4. The third kappa shape index (κ3) is 6.02. The first kappa shape index (κ1) is 25.9. The van der Waals surface area contributed by atoms with Crippen LogP contribution in [0.1, 0.15) is 49.2 Å². The number of hydrogen-bond acceptors (Lipinski definition) is 6. The molecule has 1 aliphatic rings. The molecule has 0 spiro atoms. The molecule has 1 heterocycles. The minimum absolute atomic E-state index is 0.0892. The number of carbonyl (C=O) groups is 2. The Morgan fingerprint density at radius 3 is 2.09 bits per heavy atom. The number of amides is 1. The number of rotatable bonds is 8. The summed E-state index contributed by atoms with van der Waals surface area (Å²) in [5, 5.41) is 2.85. The highest BCUT2D eigenvalue weighted by atomic mass is 32.2. The van der Waals surface area contributed by atoms with Crippen LogP contribution < -0.4 is 5.32 Å². The number of ether oxygens (including phenoxy) is 2. The fraction of sp³-hybridized carbons (Fsp3) is 0.440. The second-order valence-corrected chi connectivity index (χ2v) is 10.3. The van der Waals surface area contributed by atoms with Gasteiger partial charge in [0.1, 0.15) is 0 Å². The summed E-state index contributed by atoms with van der Waals surface area (Å²) < 4.78 is 38.1. The van der Waals surface area contributed by atoms with Gasteiger partial charge in [-0.15, -0.1) is 0 Å². The molecule has 1 saturated heterocycles. The largest absolute Gasteiger partial charge is 0.452 e. The van der Waals surface area contributed by atoms with E-state index in [1.807, 2.05) is 45.9 Å². The fourth-order valence-corrected chi connectivity index (χ4v) is 5.62. The number of aryl methyl sites for hydroxylation is 2. The average molecular weight is 489 g/mol. The van der Waals surface area contributed by atoms with E-state index in [9.17, 15) is 18.0 Å². The zero-order valence-corrected chi connectivity index (χ0v) is 20.9. The summed E-state index contributed by atoms with van der Waals surface area (Å²) in [5.74, 6) is -1.13. The van der Waals surface area contributed by atoms with Gasteiger partial charge in [-0.3, -0.25) is 4.79 Å². The number of anilines is 1. The predicted molar refractivity (Wildman–Crippen MR) is 129 cm³/mol. The van der Waals surface area contributed by atoms with Crippen molar-refractivity contribution < 1.29 is 27.5 Å². The highest BCUT2D eigenvalue weighted by Crippen LogP contribution is 2.23. The second kappa shape index (κ2) is 11.1. The van der Waals surface area contributed by atoms with E-state index < -0.39 is 28.5 Å². The van der Waals surface area contributed by atoms with Gasteiger partial charge in [0.05, 0.1) is 22.7 Å². The lowest BCUT2D eigenvalue weighted by Crippen LogP contribution is -2.48. The molecule has 2 aromatic carbocycles. The fourth-order valence-electron chi connectivity index (χ4n) is 4.03. The van der Waals surface area contributed by atoms with Crippen molar-refractivity contribution in [2.45, 2.75) is 57.6 Å². The number of carbonyl (C=O) groups excluding carboxylic acids is 2. The monoisotopic (exact) mass is 488 g/mol. The van der Waals surface area contributed by atoms with E-state index in [0.717, 1.165) is 29.7 Å². The first-order valence-corrected chi connectivity index (χ1v) is 12.9. The van der Waals surface area contributed by atoms with E-state index in [1.54, 1.807) is 0 Å². The molecular formula is C25H32N2O6S. The SMILES string of the molecule is CCc1cccc(CC)c1NC(=O)COC(=O)c1ccc(S(=O)(=O)N2CC(C)OC(C)C2)cc1. The molecule has 8 nitrogen and oxygen atoms in total. The summed E-state index contributed by atoms with van der Waals surface area (Å²) in [4.78, 5) is 24.9. The molecule has 34 heavy (non-hydrogen) atoms. The molecule has 1 aliphatic heterocycles. The summed E-state index contributed by atoms with van der Waals surface area (Å²) in [5.41, 5.74) is 2.95. The molecule has 0 bridgehead atoms. The van der Waals surface area contributed by atoms with Crippen LogP contribution >= 0.6 is 0 Å². The summed E-state index contributed by atoms with van der Waals surface area (Å²) >= 11 is 0. The van der Waals surface area contributed by atoms with Gasteiger partial charge in [-0.25, -0.2) is 13.2 Å². The van der Waals surface area contributed by atoms with E-state index in [4.69, 9.17) is 9.47 Å². The van der Waals surface area contributed by atoms with Crippen molar-refractivity contribution in [1.29, 1.82) is 0 Å². The van der Waals surface area contributed by atoms with Crippen LogP contribution in [0.4, 0.5) is 5.69 Å². The number of para-hydroxylation sites is 1. The Balaban J connectivity index is 1.62. The standard InChI is InChI=1S/C25H32N2O6S/c1-5-19-8-7-9-20(6-2)24(19)26-23(28)16-32-25(29)21-10-12-22(13-11-21)34(30,31)27-14-17(3)33-18(4)15-27/h7-13,17-18H,5-6,14-16H2,1-4H3,(H,26,28). The maximum Gasteiger partial charge on any atom is 0.338 e. The number of sulfonamides is 1. The first-order valence-electron chi connectivity index (χ1n) is 11.5. The molecule has 1 fully saturated rings. The number of benzene rings is 2. The highest BCUT2D eigenvalue weighted by molar-refractivity contribution is 7.89. The molecule has 2 aromatic rings. The molecule has 1 N–H and O–H groups in total. The van der Waals surface area contributed by atoms with Crippen LogP contribution in [0.3, 0.4) is 0 Å². The van der Waals surface area contributed by atoms with E-state index in [0.29, 0.717) is 0 Å². The van der Waals surface area contributed by atoms with Crippen LogP contribution in [0.5, 0.6) is 0 Å². The van der Waals surface area contributed by atoms with E-state index in [1.165, 1.54) is 28.6 Å².